The lowest BCUT2D eigenvalue weighted by Gasteiger charge is -2.57. The number of nitrogens with zero attached hydrogens (tertiary/aromatic N) is 4. The molecule has 170 valence electrons. The number of rotatable bonds is 3. The fourth-order valence-corrected chi connectivity index (χ4v) is 4.16. The van der Waals surface area contributed by atoms with E-state index in [1.807, 2.05) is 6.07 Å². The monoisotopic (exact) mass is 456 g/mol. The van der Waals surface area contributed by atoms with Gasteiger partial charge in [-0.25, -0.2) is 0 Å². The fraction of sp³-hybridized carbons (Fsp3) is 0.304. The first-order valence-electron chi connectivity index (χ1n) is 10.1. The molecule has 3 amide bonds. The van der Waals surface area contributed by atoms with E-state index >= 15 is 0 Å². The molecule has 10 heteroatoms. The van der Waals surface area contributed by atoms with Crippen molar-refractivity contribution in [1.82, 2.24) is 9.80 Å². The van der Waals surface area contributed by atoms with Gasteiger partial charge < -0.3 is 14.7 Å². The first-order chi connectivity index (χ1) is 15.5. The average Bonchev–Trinajstić information content (AvgIpc) is 2.74. The molecule has 1 spiro atoms. The van der Waals surface area contributed by atoms with E-state index in [1.165, 1.54) is 45.9 Å². The third-order valence-electron chi connectivity index (χ3n) is 6.03. The molecule has 0 N–H and O–H groups in total. The number of likely N-dealkylation sites (tertiary alicyclic amines) is 1. The van der Waals surface area contributed by atoms with Gasteiger partial charge in [0.25, 0.3) is 5.91 Å². The number of carbonyl (C=O) groups excluding carboxylic acids is 3. The summed E-state index contributed by atoms with van der Waals surface area (Å²) in [6.07, 6.45) is -4.48. The van der Waals surface area contributed by atoms with Crippen molar-refractivity contribution in [2.24, 2.45) is 0 Å². The SMILES string of the molecule is CC(=O)N1CC2(C1)C(=O)N(c1ccc(C#N)cc1)CC(=O)N2Cc1ccc(C(F)(F)F)cc1. The van der Waals surface area contributed by atoms with Crippen molar-refractivity contribution in [2.75, 3.05) is 24.5 Å². The van der Waals surface area contributed by atoms with Gasteiger partial charge in [-0.3, -0.25) is 14.4 Å². The third kappa shape index (κ3) is 3.91. The van der Waals surface area contributed by atoms with Crippen molar-refractivity contribution in [3.05, 3.63) is 65.2 Å². The van der Waals surface area contributed by atoms with Crippen LogP contribution in [0, 0.1) is 11.3 Å². The molecule has 2 heterocycles. The summed E-state index contributed by atoms with van der Waals surface area (Å²) in [6, 6.07) is 12.6. The lowest BCUT2D eigenvalue weighted by Crippen LogP contribution is -2.81. The van der Waals surface area contributed by atoms with Gasteiger partial charge in [-0.15, -0.1) is 0 Å². The quantitative estimate of drug-likeness (QED) is 0.711. The average molecular weight is 456 g/mol. The zero-order chi connectivity index (χ0) is 24.0. The number of halogens is 3. The molecular weight excluding hydrogens is 437 g/mol. The Bertz CT molecular complexity index is 1150. The van der Waals surface area contributed by atoms with Crippen LogP contribution in [0.5, 0.6) is 0 Å². The number of amides is 3. The van der Waals surface area contributed by atoms with Gasteiger partial charge in [-0.05, 0) is 42.0 Å². The number of benzene rings is 2. The Labute approximate surface area is 187 Å². The minimum atomic E-state index is -4.48. The smallest absolute Gasteiger partial charge is 0.337 e. The van der Waals surface area contributed by atoms with Crippen LogP contribution in [0.15, 0.2) is 48.5 Å². The summed E-state index contributed by atoms with van der Waals surface area (Å²) < 4.78 is 38.6. The molecule has 33 heavy (non-hydrogen) atoms. The zero-order valence-electron chi connectivity index (χ0n) is 17.6. The third-order valence-corrected chi connectivity index (χ3v) is 6.03. The summed E-state index contributed by atoms with van der Waals surface area (Å²) in [6.45, 7) is 1.05. The molecule has 7 nitrogen and oxygen atoms in total. The van der Waals surface area contributed by atoms with Crippen LogP contribution in [-0.4, -0.2) is 52.7 Å². The number of hydrogen-bond donors (Lipinski definition) is 0. The summed E-state index contributed by atoms with van der Waals surface area (Å²) in [7, 11) is 0. The largest absolute Gasteiger partial charge is 0.416 e. The molecule has 2 aliphatic rings. The molecule has 0 saturated carbocycles. The molecule has 2 aliphatic heterocycles. The number of carbonyl (C=O) groups is 3. The van der Waals surface area contributed by atoms with Gasteiger partial charge in [-0.2, -0.15) is 18.4 Å². The highest BCUT2D eigenvalue weighted by atomic mass is 19.4. The van der Waals surface area contributed by atoms with E-state index in [2.05, 4.69) is 0 Å². The summed E-state index contributed by atoms with van der Waals surface area (Å²) in [5, 5.41) is 8.99. The van der Waals surface area contributed by atoms with E-state index in [0.717, 1.165) is 12.1 Å². The maximum Gasteiger partial charge on any atom is 0.416 e. The molecule has 2 aromatic carbocycles. The van der Waals surface area contributed by atoms with Crippen LogP contribution < -0.4 is 4.90 Å². The van der Waals surface area contributed by atoms with E-state index in [-0.39, 0.29) is 43.9 Å². The highest BCUT2D eigenvalue weighted by molar-refractivity contribution is 6.10. The molecule has 0 radical (unpaired) electrons. The van der Waals surface area contributed by atoms with Gasteiger partial charge in [-0.1, -0.05) is 12.1 Å². The Kier molecular flexibility index (Phi) is 5.36. The Morgan fingerprint density at radius 2 is 1.67 bits per heavy atom. The van der Waals surface area contributed by atoms with E-state index in [4.69, 9.17) is 5.26 Å². The molecule has 0 aromatic heterocycles. The second-order valence-electron chi connectivity index (χ2n) is 8.13. The predicted molar refractivity (Wildman–Crippen MR) is 110 cm³/mol. The molecule has 0 bridgehead atoms. The summed E-state index contributed by atoms with van der Waals surface area (Å²) in [4.78, 5) is 42.7. The van der Waals surface area contributed by atoms with Crippen LogP contribution >= 0.6 is 0 Å². The molecule has 0 unspecified atom stereocenters. The van der Waals surface area contributed by atoms with Crippen LogP contribution in [0.25, 0.3) is 0 Å². The van der Waals surface area contributed by atoms with Crippen LogP contribution in [0.4, 0.5) is 18.9 Å². The Balaban J connectivity index is 1.64. The molecule has 0 aliphatic carbocycles. The van der Waals surface area contributed by atoms with E-state index in [0.29, 0.717) is 16.8 Å². The normalized spacial score (nSPS) is 17.7. The van der Waals surface area contributed by atoms with Crippen LogP contribution in [-0.2, 0) is 27.1 Å². The van der Waals surface area contributed by atoms with Gasteiger partial charge in [0.15, 0.2) is 5.54 Å². The summed E-state index contributed by atoms with van der Waals surface area (Å²) in [5.41, 5.74) is -0.823. The number of anilines is 1. The van der Waals surface area contributed by atoms with Crippen LogP contribution in [0.2, 0.25) is 0 Å². The fourth-order valence-electron chi connectivity index (χ4n) is 4.16. The first kappa shape index (κ1) is 22.3. The number of piperazine rings is 1. The lowest BCUT2D eigenvalue weighted by molar-refractivity contribution is -0.169. The number of nitriles is 1. The van der Waals surface area contributed by atoms with Gasteiger partial charge in [0.2, 0.25) is 11.8 Å². The van der Waals surface area contributed by atoms with Gasteiger partial charge in [0.05, 0.1) is 30.3 Å². The van der Waals surface area contributed by atoms with Crippen molar-refractivity contribution in [3.8, 4) is 6.07 Å². The summed E-state index contributed by atoms with van der Waals surface area (Å²) >= 11 is 0. The second kappa shape index (κ2) is 7.92. The molecule has 2 saturated heterocycles. The van der Waals surface area contributed by atoms with Crippen molar-refractivity contribution < 1.29 is 27.6 Å². The Morgan fingerprint density at radius 1 is 1.06 bits per heavy atom. The van der Waals surface area contributed by atoms with E-state index in [9.17, 15) is 27.6 Å². The molecule has 2 fully saturated rings. The predicted octanol–water partition coefficient (Wildman–Crippen LogP) is 2.55. The molecule has 2 aromatic rings. The van der Waals surface area contributed by atoms with Crippen molar-refractivity contribution in [1.29, 1.82) is 5.26 Å². The van der Waals surface area contributed by atoms with Crippen molar-refractivity contribution in [3.63, 3.8) is 0 Å². The summed E-state index contributed by atoms with van der Waals surface area (Å²) in [5.74, 6) is -1.01. The maximum absolute atomic E-state index is 13.6. The second-order valence-corrected chi connectivity index (χ2v) is 8.13. The highest BCUT2D eigenvalue weighted by Crippen LogP contribution is 2.37. The van der Waals surface area contributed by atoms with Gasteiger partial charge in [0.1, 0.15) is 6.54 Å². The van der Waals surface area contributed by atoms with Gasteiger partial charge >= 0.3 is 6.18 Å². The Morgan fingerprint density at radius 3 is 2.18 bits per heavy atom. The number of alkyl halides is 3. The lowest BCUT2D eigenvalue weighted by atomic mass is 9.83. The van der Waals surface area contributed by atoms with Crippen molar-refractivity contribution >= 4 is 23.4 Å². The van der Waals surface area contributed by atoms with Crippen molar-refractivity contribution in [2.45, 2.75) is 25.2 Å². The highest BCUT2D eigenvalue weighted by Gasteiger charge is 2.60. The minimum absolute atomic E-state index is 0.000318. The molecule has 0 atom stereocenters. The van der Waals surface area contributed by atoms with Gasteiger partial charge in [0, 0.05) is 19.2 Å². The zero-order valence-corrected chi connectivity index (χ0v) is 17.6. The molecular formula is C23H19F3N4O3. The van der Waals surface area contributed by atoms with E-state index < -0.39 is 17.3 Å². The number of hydrogen-bond acceptors (Lipinski definition) is 4. The van der Waals surface area contributed by atoms with Crippen LogP contribution in [0.3, 0.4) is 0 Å². The topological polar surface area (TPSA) is 84.7 Å². The first-order valence-corrected chi connectivity index (χ1v) is 10.1. The standard InChI is InChI=1S/C23H19F3N4O3/c1-15(31)28-13-22(14-28)21(33)29(19-8-4-16(10-27)5-9-19)12-20(32)30(22)11-17-2-6-18(7-3-17)23(24,25)26/h2-9H,11-14H2,1H3. The maximum atomic E-state index is 13.6. The van der Waals surface area contributed by atoms with Crippen LogP contribution in [0.1, 0.15) is 23.6 Å². The van der Waals surface area contributed by atoms with E-state index in [1.54, 1.807) is 12.1 Å². The molecule has 4 rings (SSSR count). The minimum Gasteiger partial charge on any atom is -0.337 e. The Hall–Kier alpha value is -3.87.